The number of para-hydroxylation sites is 1. The molecule has 3 N–H and O–H groups in total. The first-order valence-corrected chi connectivity index (χ1v) is 5.73. The number of hydrogen-bond acceptors (Lipinski definition) is 2. The number of nitrogens with zero attached hydrogens (tertiary/aromatic N) is 1. The second-order valence-corrected chi connectivity index (χ2v) is 4.80. The van der Waals surface area contributed by atoms with Crippen molar-refractivity contribution in [3.8, 4) is 5.75 Å². The number of rotatable bonds is 4. The molecule has 0 aliphatic carbocycles. The first-order chi connectivity index (χ1) is 7.97. The molecule has 0 saturated carbocycles. The smallest absolute Gasteiger partial charge is 0.189 e. The van der Waals surface area contributed by atoms with Crippen LogP contribution in [0.1, 0.15) is 20.8 Å². The van der Waals surface area contributed by atoms with Crippen molar-refractivity contribution in [1.29, 1.82) is 0 Å². The molecule has 0 spiro atoms. The molecule has 0 saturated heterocycles. The fourth-order valence-electron chi connectivity index (χ4n) is 1.27. The lowest BCUT2D eigenvalue weighted by Gasteiger charge is -2.20. The highest BCUT2D eigenvalue weighted by Crippen LogP contribution is 2.07. The first kappa shape index (κ1) is 13.4. The average molecular weight is 235 g/mol. The topological polar surface area (TPSA) is 59.6 Å². The van der Waals surface area contributed by atoms with E-state index in [9.17, 15) is 0 Å². The number of nitrogens with one attached hydrogen (secondary N) is 1. The fraction of sp³-hybridized carbons (Fsp3) is 0.462. The molecule has 0 heterocycles. The molecule has 0 amide bonds. The molecule has 4 heteroatoms. The number of guanidine groups is 1. The van der Waals surface area contributed by atoms with Crippen molar-refractivity contribution in [3.63, 3.8) is 0 Å². The average Bonchev–Trinajstić information content (AvgIpc) is 2.23. The predicted octanol–water partition coefficient (Wildman–Crippen LogP) is 1.77. The minimum absolute atomic E-state index is 0.0616. The van der Waals surface area contributed by atoms with Gasteiger partial charge in [0, 0.05) is 5.54 Å². The van der Waals surface area contributed by atoms with Crippen LogP contribution in [0.25, 0.3) is 0 Å². The van der Waals surface area contributed by atoms with E-state index in [0.717, 1.165) is 5.75 Å². The van der Waals surface area contributed by atoms with Crippen LogP contribution in [0.15, 0.2) is 35.3 Å². The van der Waals surface area contributed by atoms with Gasteiger partial charge in [0.05, 0.1) is 6.54 Å². The van der Waals surface area contributed by atoms with Crippen molar-refractivity contribution >= 4 is 5.96 Å². The molecular weight excluding hydrogens is 214 g/mol. The van der Waals surface area contributed by atoms with Gasteiger partial charge in [0.25, 0.3) is 0 Å². The molecule has 17 heavy (non-hydrogen) atoms. The summed E-state index contributed by atoms with van der Waals surface area (Å²) in [6.07, 6.45) is 0. The highest BCUT2D eigenvalue weighted by molar-refractivity contribution is 5.78. The Morgan fingerprint density at radius 2 is 1.94 bits per heavy atom. The minimum Gasteiger partial charge on any atom is -0.492 e. The van der Waals surface area contributed by atoms with Crippen LogP contribution in [-0.4, -0.2) is 24.7 Å². The van der Waals surface area contributed by atoms with E-state index in [-0.39, 0.29) is 5.54 Å². The summed E-state index contributed by atoms with van der Waals surface area (Å²) >= 11 is 0. The van der Waals surface area contributed by atoms with E-state index in [1.165, 1.54) is 0 Å². The molecule has 0 aromatic heterocycles. The molecule has 0 bridgehead atoms. The van der Waals surface area contributed by atoms with Crippen LogP contribution >= 0.6 is 0 Å². The molecular formula is C13H21N3O. The van der Waals surface area contributed by atoms with Gasteiger partial charge in [-0.25, -0.2) is 4.99 Å². The van der Waals surface area contributed by atoms with E-state index in [0.29, 0.717) is 19.1 Å². The molecule has 0 aliphatic heterocycles. The zero-order chi connectivity index (χ0) is 12.7. The third-order valence-corrected chi connectivity index (χ3v) is 1.89. The number of ether oxygens (including phenoxy) is 1. The van der Waals surface area contributed by atoms with Gasteiger partial charge in [-0.15, -0.1) is 0 Å². The van der Waals surface area contributed by atoms with Crippen LogP contribution in [0, 0.1) is 0 Å². The normalized spacial score (nSPS) is 12.3. The van der Waals surface area contributed by atoms with Gasteiger partial charge in [-0.2, -0.15) is 0 Å². The van der Waals surface area contributed by atoms with Crippen LogP contribution in [0.2, 0.25) is 0 Å². The van der Waals surface area contributed by atoms with Crippen LogP contribution in [0.3, 0.4) is 0 Å². The molecule has 0 atom stereocenters. The van der Waals surface area contributed by atoms with Gasteiger partial charge in [-0.1, -0.05) is 18.2 Å². The van der Waals surface area contributed by atoms with E-state index in [4.69, 9.17) is 10.5 Å². The van der Waals surface area contributed by atoms with Crippen molar-refractivity contribution in [1.82, 2.24) is 5.32 Å². The van der Waals surface area contributed by atoms with Gasteiger partial charge in [0.15, 0.2) is 5.96 Å². The second kappa shape index (κ2) is 6.13. The molecule has 4 nitrogen and oxygen atoms in total. The van der Waals surface area contributed by atoms with Crippen molar-refractivity contribution in [2.75, 3.05) is 13.2 Å². The van der Waals surface area contributed by atoms with Crippen molar-refractivity contribution in [2.45, 2.75) is 26.3 Å². The Morgan fingerprint density at radius 1 is 1.29 bits per heavy atom. The van der Waals surface area contributed by atoms with Gasteiger partial charge < -0.3 is 15.8 Å². The van der Waals surface area contributed by atoms with Gasteiger partial charge >= 0.3 is 0 Å². The Kier molecular flexibility index (Phi) is 4.82. The molecule has 1 aromatic rings. The predicted molar refractivity (Wildman–Crippen MR) is 71.3 cm³/mol. The summed E-state index contributed by atoms with van der Waals surface area (Å²) in [4.78, 5) is 4.18. The van der Waals surface area contributed by atoms with E-state index in [1.54, 1.807) is 0 Å². The van der Waals surface area contributed by atoms with Crippen molar-refractivity contribution < 1.29 is 4.74 Å². The largest absolute Gasteiger partial charge is 0.492 e. The molecule has 94 valence electrons. The Balaban J connectivity index is 2.26. The molecule has 0 aliphatic rings. The summed E-state index contributed by atoms with van der Waals surface area (Å²) in [5.41, 5.74) is 5.66. The number of benzene rings is 1. The summed E-state index contributed by atoms with van der Waals surface area (Å²) in [5.74, 6) is 1.30. The van der Waals surface area contributed by atoms with Crippen LogP contribution in [0.4, 0.5) is 0 Å². The monoisotopic (exact) mass is 235 g/mol. The third-order valence-electron chi connectivity index (χ3n) is 1.89. The molecule has 1 aromatic carbocycles. The van der Waals surface area contributed by atoms with Gasteiger partial charge in [0.1, 0.15) is 12.4 Å². The number of hydrogen-bond donors (Lipinski definition) is 2. The maximum Gasteiger partial charge on any atom is 0.189 e. The van der Waals surface area contributed by atoms with E-state index < -0.39 is 0 Å². The zero-order valence-corrected chi connectivity index (χ0v) is 10.7. The third kappa shape index (κ3) is 6.45. The Hall–Kier alpha value is -1.71. The molecule has 0 fully saturated rings. The highest BCUT2D eigenvalue weighted by Gasteiger charge is 2.09. The molecule has 0 unspecified atom stereocenters. The van der Waals surface area contributed by atoms with E-state index in [2.05, 4.69) is 10.3 Å². The lowest BCUT2D eigenvalue weighted by molar-refractivity contribution is 0.328. The van der Waals surface area contributed by atoms with E-state index in [1.807, 2.05) is 51.1 Å². The number of aliphatic imine (C=N–C) groups is 1. The van der Waals surface area contributed by atoms with Crippen LogP contribution < -0.4 is 15.8 Å². The lowest BCUT2D eigenvalue weighted by Crippen LogP contribution is -2.45. The summed E-state index contributed by atoms with van der Waals surface area (Å²) in [5, 5.41) is 3.09. The van der Waals surface area contributed by atoms with E-state index >= 15 is 0 Å². The second-order valence-electron chi connectivity index (χ2n) is 4.80. The van der Waals surface area contributed by atoms with Crippen LogP contribution in [-0.2, 0) is 0 Å². The van der Waals surface area contributed by atoms with Crippen molar-refractivity contribution in [2.24, 2.45) is 10.7 Å². The summed E-state index contributed by atoms with van der Waals surface area (Å²) < 4.78 is 5.50. The maximum absolute atomic E-state index is 5.72. The van der Waals surface area contributed by atoms with Crippen LogP contribution in [0.5, 0.6) is 5.75 Å². The molecule has 1 rings (SSSR count). The quantitative estimate of drug-likeness (QED) is 0.475. The summed E-state index contributed by atoms with van der Waals surface area (Å²) in [6, 6.07) is 9.67. The van der Waals surface area contributed by atoms with Gasteiger partial charge in [-0.05, 0) is 32.9 Å². The lowest BCUT2D eigenvalue weighted by atomic mass is 10.1. The van der Waals surface area contributed by atoms with Gasteiger partial charge in [0.2, 0.25) is 0 Å². The summed E-state index contributed by atoms with van der Waals surface area (Å²) in [6.45, 7) is 7.18. The fourth-order valence-corrected chi connectivity index (χ4v) is 1.27. The Labute approximate surface area is 103 Å². The zero-order valence-electron chi connectivity index (χ0n) is 10.7. The minimum atomic E-state index is -0.0616. The standard InChI is InChI=1S/C13H21N3O/c1-13(2,3)16-12(14)15-9-10-17-11-7-5-4-6-8-11/h4-8H,9-10H2,1-3H3,(H3,14,15,16). The van der Waals surface area contributed by atoms with Gasteiger partial charge in [-0.3, -0.25) is 0 Å². The number of nitrogens with two attached hydrogens (primary N) is 1. The first-order valence-electron chi connectivity index (χ1n) is 5.73. The van der Waals surface area contributed by atoms with Crippen molar-refractivity contribution in [3.05, 3.63) is 30.3 Å². The summed E-state index contributed by atoms with van der Waals surface area (Å²) in [7, 11) is 0. The highest BCUT2D eigenvalue weighted by atomic mass is 16.5. The maximum atomic E-state index is 5.72. The molecule has 0 radical (unpaired) electrons. The SMILES string of the molecule is CC(C)(C)NC(N)=NCCOc1ccccc1. The Bertz CT molecular complexity index is 355. The Morgan fingerprint density at radius 3 is 2.53 bits per heavy atom.